The molecule has 1 heterocycles. The van der Waals surface area contributed by atoms with E-state index in [1.54, 1.807) is 0 Å². The number of fused-ring (bicyclic) bond motifs is 1. The summed E-state index contributed by atoms with van der Waals surface area (Å²) in [6.07, 6.45) is 0.836. The fraction of sp³-hybridized carbons (Fsp3) is 0.167. The number of nitrogens with zero attached hydrogens (tertiary/aromatic N) is 1. The number of urea groups is 1. The lowest BCUT2D eigenvalue weighted by Crippen LogP contribution is -2.29. The maximum atomic E-state index is 13.0. The summed E-state index contributed by atoms with van der Waals surface area (Å²) in [6, 6.07) is 20.9. The monoisotopic (exact) mass is 463 g/mol. The Kier molecular flexibility index (Phi) is 5.86. The highest BCUT2D eigenvalue weighted by Gasteiger charge is 2.25. The average Bonchev–Trinajstić information content (AvgIpc) is 3.16. The summed E-state index contributed by atoms with van der Waals surface area (Å²) in [6.45, 7) is 3.02. The lowest BCUT2D eigenvalue weighted by Gasteiger charge is -2.18. The van der Waals surface area contributed by atoms with Crippen LogP contribution < -0.4 is 15.5 Å². The summed E-state index contributed by atoms with van der Waals surface area (Å²) < 4.78 is 0.822. The number of anilines is 2. The third-order valence-corrected chi connectivity index (χ3v) is 5.82. The molecule has 5 nitrogen and oxygen atoms in total. The van der Waals surface area contributed by atoms with E-state index in [1.807, 2.05) is 78.6 Å². The van der Waals surface area contributed by atoms with Crippen molar-refractivity contribution in [2.45, 2.75) is 19.9 Å². The van der Waals surface area contributed by atoms with Crippen molar-refractivity contribution in [3.63, 3.8) is 0 Å². The first-order valence-corrected chi connectivity index (χ1v) is 10.6. The molecular formula is C24H22BrN3O2. The topological polar surface area (TPSA) is 61.4 Å². The van der Waals surface area contributed by atoms with Gasteiger partial charge in [-0.1, -0.05) is 42.0 Å². The highest BCUT2D eigenvalue weighted by atomic mass is 79.9. The minimum Gasteiger partial charge on any atom is -0.334 e. The summed E-state index contributed by atoms with van der Waals surface area (Å²) in [5.41, 5.74) is 5.48. The second kappa shape index (κ2) is 8.71. The SMILES string of the molecule is Cc1cccc(C(=O)N2CCc3ccc(CNC(=O)Nc4ccccc4Br)cc32)c1. The van der Waals surface area contributed by atoms with Crippen LogP contribution >= 0.6 is 15.9 Å². The molecule has 3 aromatic rings. The van der Waals surface area contributed by atoms with Gasteiger partial charge in [0.15, 0.2) is 0 Å². The molecule has 1 aliphatic heterocycles. The molecule has 3 aromatic carbocycles. The van der Waals surface area contributed by atoms with Crippen molar-refractivity contribution >= 4 is 39.2 Å². The first-order chi connectivity index (χ1) is 14.5. The molecule has 2 N–H and O–H groups in total. The Hall–Kier alpha value is -3.12. The predicted octanol–water partition coefficient (Wildman–Crippen LogP) is 5.28. The molecule has 0 saturated carbocycles. The van der Waals surface area contributed by atoms with E-state index < -0.39 is 0 Å². The minimum absolute atomic E-state index is 0.00855. The molecule has 0 spiro atoms. The molecule has 152 valence electrons. The lowest BCUT2D eigenvalue weighted by molar-refractivity contribution is 0.0989. The van der Waals surface area contributed by atoms with Gasteiger partial charge in [0.2, 0.25) is 0 Å². The standard InChI is InChI=1S/C24H22BrN3O2/c1-16-5-4-6-19(13-16)23(29)28-12-11-18-10-9-17(14-22(18)28)15-26-24(30)27-21-8-3-2-7-20(21)25/h2-10,13-14H,11-12,15H2,1H3,(H2,26,27,30). The Labute approximate surface area is 184 Å². The molecule has 6 heteroatoms. The van der Waals surface area contributed by atoms with E-state index in [0.29, 0.717) is 24.3 Å². The van der Waals surface area contributed by atoms with E-state index in [2.05, 4.69) is 26.6 Å². The molecule has 0 bridgehead atoms. The van der Waals surface area contributed by atoms with Gasteiger partial charge in [0.25, 0.3) is 5.91 Å². The van der Waals surface area contributed by atoms with Gasteiger partial charge in [-0.3, -0.25) is 4.79 Å². The van der Waals surface area contributed by atoms with Gasteiger partial charge in [0.1, 0.15) is 0 Å². The number of nitrogens with one attached hydrogen (secondary N) is 2. The van der Waals surface area contributed by atoms with Crippen LogP contribution in [0.15, 0.2) is 71.2 Å². The number of carbonyl (C=O) groups excluding carboxylic acids is 2. The van der Waals surface area contributed by atoms with Gasteiger partial charge in [-0.15, -0.1) is 0 Å². The van der Waals surface area contributed by atoms with Gasteiger partial charge in [-0.2, -0.15) is 0 Å². The van der Waals surface area contributed by atoms with Crippen LogP contribution in [0.1, 0.15) is 27.0 Å². The number of hydrogen-bond acceptors (Lipinski definition) is 2. The molecule has 30 heavy (non-hydrogen) atoms. The van der Waals surface area contributed by atoms with Crippen LogP contribution in [-0.4, -0.2) is 18.5 Å². The Morgan fingerprint density at radius 1 is 1.03 bits per heavy atom. The largest absolute Gasteiger partial charge is 0.334 e. The lowest BCUT2D eigenvalue weighted by atomic mass is 10.1. The zero-order chi connectivity index (χ0) is 21.1. The van der Waals surface area contributed by atoms with Gasteiger partial charge in [0, 0.05) is 28.8 Å². The van der Waals surface area contributed by atoms with Crippen LogP contribution in [0.4, 0.5) is 16.2 Å². The number of carbonyl (C=O) groups is 2. The predicted molar refractivity (Wildman–Crippen MR) is 123 cm³/mol. The summed E-state index contributed by atoms with van der Waals surface area (Å²) in [4.78, 5) is 27.1. The van der Waals surface area contributed by atoms with Crippen LogP contribution in [-0.2, 0) is 13.0 Å². The van der Waals surface area contributed by atoms with Gasteiger partial charge in [-0.25, -0.2) is 4.79 Å². The highest BCUT2D eigenvalue weighted by Crippen LogP contribution is 2.30. The summed E-state index contributed by atoms with van der Waals surface area (Å²) >= 11 is 3.42. The maximum Gasteiger partial charge on any atom is 0.319 e. The number of aryl methyl sites for hydroxylation is 1. The molecule has 0 fully saturated rings. The van der Waals surface area contributed by atoms with E-state index in [4.69, 9.17) is 0 Å². The second-order valence-electron chi connectivity index (χ2n) is 7.33. The second-order valence-corrected chi connectivity index (χ2v) is 8.18. The van der Waals surface area contributed by atoms with Crippen molar-refractivity contribution in [2.75, 3.05) is 16.8 Å². The van der Waals surface area contributed by atoms with Gasteiger partial charge in [0.05, 0.1) is 5.69 Å². The Morgan fingerprint density at radius 3 is 2.67 bits per heavy atom. The first-order valence-electron chi connectivity index (χ1n) is 9.81. The molecule has 0 aromatic heterocycles. The van der Waals surface area contributed by atoms with E-state index >= 15 is 0 Å². The molecule has 4 rings (SSSR count). The number of amides is 3. The third kappa shape index (κ3) is 4.39. The highest BCUT2D eigenvalue weighted by molar-refractivity contribution is 9.10. The average molecular weight is 464 g/mol. The van der Waals surface area contributed by atoms with Crippen LogP contribution in [0.5, 0.6) is 0 Å². The van der Waals surface area contributed by atoms with Crippen molar-refractivity contribution in [3.8, 4) is 0 Å². The number of rotatable bonds is 4. The minimum atomic E-state index is -0.282. The summed E-state index contributed by atoms with van der Waals surface area (Å²) in [5, 5.41) is 5.70. The smallest absolute Gasteiger partial charge is 0.319 e. The molecule has 0 unspecified atom stereocenters. The van der Waals surface area contributed by atoms with Crippen molar-refractivity contribution in [1.82, 2.24) is 5.32 Å². The molecule has 1 aliphatic rings. The third-order valence-electron chi connectivity index (χ3n) is 5.13. The van der Waals surface area contributed by atoms with E-state index in [1.165, 1.54) is 0 Å². The fourth-order valence-electron chi connectivity index (χ4n) is 3.59. The number of para-hydroxylation sites is 1. The first kappa shape index (κ1) is 20.2. The quantitative estimate of drug-likeness (QED) is 0.552. The van der Waals surface area contributed by atoms with Crippen molar-refractivity contribution in [1.29, 1.82) is 0 Å². The molecule has 0 radical (unpaired) electrons. The number of hydrogen-bond donors (Lipinski definition) is 2. The normalized spacial score (nSPS) is 12.4. The summed E-state index contributed by atoms with van der Waals surface area (Å²) in [5.74, 6) is 0.00855. The van der Waals surface area contributed by atoms with Crippen LogP contribution in [0.25, 0.3) is 0 Å². The van der Waals surface area contributed by atoms with Crippen LogP contribution in [0.2, 0.25) is 0 Å². The van der Waals surface area contributed by atoms with E-state index in [9.17, 15) is 9.59 Å². The zero-order valence-electron chi connectivity index (χ0n) is 16.6. The van der Waals surface area contributed by atoms with E-state index in [-0.39, 0.29) is 11.9 Å². The van der Waals surface area contributed by atoms with Gasteiger partial charge in [-0.05, 0) is 70.7 Å². The van der Waals surface area contributed by atoms with Crippen LogP contribution in [0.3, 0.4) is 0 Å². The van der Waals surface area contributed by atoms with Crippen LogP contribution in [0, 0.1) is 6.92 Å². The molecule has 0 aliphatic carbocycles. The summed E-state index contributed by atoms with van der Waals surface area (Å²) in [7, 11) is 0. The maximum absolute atomic E-state index is 13.0. The molecule has 3 amide bonds. The fourth-order valence-corrected chi connectivity index (χ4v) is 3.97. The molecular weight excluding hydrogens is 442 g/mol. The number of halogens is 1. The van der Waals surface area contributed by atoms with Crippen molar-refractivity contribution in [3.05, 3.63) is 93.5 Å². The van der Waals surface area contributed by atoms with Gasteiger partial charge >= 0.3 is 6.03 Å². The Bertz CT molecular complexity index is 1110. The Morgan fingerprint density at radius 2 is 1.87 bits per heavy atom. The Balaban J connectivity index is 1.45. The molecule has 0 saturated heterocycles. The van der Waals surface area contributed by atoms with Crippen molar-refractivity contribution < 1.29 is 9.59 Å². The van der Waals surface area contributed by atoms with Gasteiger partial charge < -0.3 is 15.5 Å². The van der Waals surface area contributed by atoms with Crippen molar-refractivity contribution in [2.24, 2.45) is 0 Å². The number of benzene rings is 3. The van der Waals surface area contributed by atoms with E-state index in [0.717, 1.165) is 33.3 Å². The zero-order valence-corrected chi connectivity index (χ0v) is 18.2. The molecule has 0 atom stereocenters.